The average Bonchev–Trinajstić information content (AvgIpc) is 2.14. The van der Waals surface area contributed by atoms with Gasteiger partial charge in [-0.3, -0.25) is 4.79 Å². The first-order valence-electron chi connectivity index (χ1n) is 5.89. The van der Waals surface area contributed by atoms with Crippen LogP contribution in [0.5, 0.6) is 0 Å². The highest BCUT2D eigenvalue weighted by molar-refractivity contribution is 5.69. The molecule has 1 aliphatic heterocycles. The smallest absolute Gasteiger partial charge is 0.306 e. The monoisotopic (exact) mass is 229 g/mol. The lowest BCUT2D eigenvalue weighted by Gasteiger charge is -2.46. The maximum atomic E-state index is 11.0. The molecule has 4 nitrogen and oxygen atoms in total. The van der Waals surface area contributed by atoms with E-state index in [-0.39, 0.29) is 17.0 Å². The Balaban J connectivity index is 2.86. The van der Waals surface area contributed by atoms with Gasteiger partial charge in [0.05, 0.1) is 5.92 Å². The topological polar surface area (TPSA) is 60.8 Å². The fourth-order valence-corrected chi connectivity index (χ4v) is 2.48. The molecule has 1 saturated heterocycles. The molecule has 1 fully saturated rings. The minimum atomic E-state index is -0.710. The van der Waals surface area contributed by atoms with E-state index in [0.717, 1.165) is 0 Å². The van der Waals surface area contributed by atoms with Gasteiger partial charge in [-0.05, 0) is 53.4 Å². The second kappa shape index (κ2) is 4.34. The standard InChI is InChI=1S/C12H23NO3/c1-11(2)7-5-9(10(14)15)6-8-12(3,4)13(11)16/h9,16H,5-8H2,1-4H3,(H,14,15). The molecule has 0 bridgehead atoms. The van der Waals surface area contributed by atoms with Crippen LogP contribution in [0.25, 0.3) is 0 Å². The van der Waals surface area contributed by atoms with E-state index in [0.29, 0.717) is 25.7 Å². The summed E-state index contributed by atoms with van der Waals surface area (Å²) in [6.07, 6.45) is 2.67. The molecule has 2 N–H and O–H groups in total. The van der Waals surface area contributed by atoms with Gasteiger partial charge >= 0.3 is 5.97 Å². The zero-order chi connectivity index (χ0) is 12.6. The van der Waals surface area contributed by atoms with Gasteiger partial charge in [-0.25, -0.2) is 0 Å². The second-order valence-corrected chi connectivity index (χ2v) is 6.05. The molecule has 4 heteroatoms. The van der Waals surface area contributed by atoms with Crippen molar-refractivity contribution in [1.82, 2.24) is 5.06 Å². The Morgan fingerprint density at radius 1 is 1.12 bits per heavy atom. The fourth-order valence-electron chi connectivity index (χ4n) is 2.48. The Bertz CT molecular complexity index is 253. The van der Waals surface area contributed by atoms with Crippen LogP contribution in [0.2, 0.25) is 0 Å². The normalized spacial score (nSPS) is 27.1. The van der Waals surface area contributed by atoms with Crippen molar-refractivity contribution in [3.8, 4) is 0 Å². The number of carbonyl (C=O) groups is 1. The van der Waals surface area contributed by atoms with Crippen LogP contribution in [0.1, 0.15) is 53.4 Å². The van der Waals surface area contributed by atoms with Gasteiger partial charge in [-0.15, -0.1) is 0 Å². The van der Waals surface area contributed by atoms with Crippen molar-refractivity contribution >= 4 is 5.97 Å². The molecule has 16 heavy (non-hydrogen) atoms. The van der Waals surface area contributed by atoms with Gasteiger partial charge in [-0.1, -0.05) is 0 Å². The van der Waals surface area contributed by atoms with Crippen molar-refractivity contribution in [3.63, 3.8) is 0 Å². The molecule has 0 saturated carbocycles. The van der Waals surface area contributed by atoms with Crippen molar-refractivity contribution < 1.29 is 15.1 Å². The van der Waals surface area contributed by atoms with Crippen molar-refractivity contribution in [2.24, 2.45) is 5.92 Å². The number of hydrogen-bond acceptors (Lipinski definition) is 3. The van der Waals surface area contributed by atoms with Gasteiger partial charge < -0.3 is 10.3 Å². The number of hydrogen-bond donors (Lipinski definition) is 2. The quantitative estimate of drug-likeness (QED) is 0.725. The van der Waals surface area contributed by atoms with E-state index in [1.54, 1.807) is 0 Å². The maximum Gasteiger partial charge on any atom is 0.306 e. The summed E-state index contributed by atoms with van der Waals surface area (Å²) < 4.78 is 0. The van der Waals surface area contributed by atoms with Crippen molar-refractivity contribution in [2.45, 2.75) is 64.5 Å². The summed E-state index contributed by atoms with van der Waals surface area (Å²) in [4.78, 5) is 11.0. The van der Waals surface area contributed by atoms with Crippen LogP contribution in [-0.2, 0) is 4.79 Å². The lowest BCUT2D eigenvalue weighted by atomic mass is 9.80. The molecule has 0 spiro atoms. The molecule has 1 aliphatic rings. The average molecular weight is 229 g/mol. The van der Waals surface area contributed by atoms with E-state index in [1.807, 2.05) is 27.7 Å². The van der Waals surface area contributed by atoms with Crippen LogP contribution in [-0.4, -0.2) is 32.4 Å². The van der Waals surface area contributed by atoms with Crippen LogP contribution in [0.15, 0.2) is 0 Å². The van der Waals surface area contributed by atoms with Gasteiger partial charge in [0.2, 0.25) is 0 Å². The van der Waals surface area contributed by atoms with Crippen LogP contribution in [0.3, 0.4) is 0 Å². The summed E-state index contributed by atoms with van der Waals surface area (Å²) in [5.41, 5.74) is -0.727. The maximum absolute atomic E-state index is 11.0. The van der Waals surface area contributed by atoms with Crippen molar-refractivity contribution in [3.05, 3.63) is 0 Å². The molecule has 0 aromatic rings. The van der Waals surface area contributed by atoms with Gasteiger partial charge in [0, 0.05) is 11.1 Å². The highest BCUT2D eigenvalue weighted by Crippen LogP contribution is 2.35. The molecule has 0 aromatic heterocycles. The third-order valence-corrected chi connectivity index (χ3v) is 3.71. The number of nitrogens with zero attached hydrogens (tertiary/aromatic N) is 1. The molecule has 0 aliphatic carbocycles. The first kappa shape index (κ1) is 13.5. The third-order valence-electron chi connectivity index (χ3n) is 3.71. The van der Waals surface area contributed by atoms with E-state index in [4.69, 9.17) is 5.11 Å². The third kappa shape index (κ3) is 2.74. The van der Waals surface area contributed by atoms with E-state index in [1.165, 1.54) is 5.06 Å². The number of rotatable bonds is 1. The van der Waals surface area contributed by atoms with Crippen molar-refractivity contribution in [2.75, 3.05) is 0 Å². The van der Waals surface area contributed by atoms with Gasteiger partial charge in [0.1, 0.15) is 0 Å². The summed E-state index contributed by atoms with van der Waals surface area (Å²) in [6.45, 7) is 7.83. The largest absolute Gasteiger partial charge is 0.481 e. The number of carboxylic acid groups (broad SMARTS) is 1. The Kier molecular flexibility index (Phi) is 3.65. The summed E-state index contributed by atoms with van der Waals surface area (Å²) in [5, 5.41) is 20.7. The minimum absolute atomic E-state index is 0.271. The first-order valence-corrected chi connectivity index (χ1v) is 5.89. The van der Waals surface area contributed by atoms with Gasteiger partial charge in [-0.2, -0.15) is 5.06 Å². The van der Waals surface area contributed by atoms with Crippen LogP contribution in [0, 0.1) is 5.92 Å². The molecule has 0 unspecified atom stereocenters. The molecule has 0 amide bonds. The fraction of sp³-hybridized carbons (Fsp3) is 0.917. The number of aliphatic carboxylic acids is 1. The minimum Gasteiger partial charge on any atom is -0.481 e. The zero-order valence-electron chi connectivity index (χ0n) is 10.7. The molecule has 1 rings (SSSR count). The number of hydroxylamine groups is 2. The predicted octanol–water partition coefficient (Wildman–Crippen LogP) is 2.51. The van der Waals surface area contributed by atoms with E-state index < -0.39 is 5.97 Å². The Morgan fingerprint density at radius 2 is 1.50 bits per heavy atom. The summed E-state index contributed by atoms with van der Waals surface area (Å²) >= 11 is 0. The molecule has 0 atom stereocenters. The van der Waals surface area contributed by atoms with Crippen LogP contribution < -0.4 is 0 Å². The molecule has 0 radical (unpaired) electrons. The van der Waals surface area contributed by atoms with Crippen LogP contribution in [0.4, 0.5) is 0 Å². The molecular weight excluding hydrogens is 206 g/mol. The summed E-state index contributed by atoms with van der Waals surface area (Å²) in [7, 11) is 0. The number of carboxylic acids is 1. The van der Waals surface area contributed by atoms with E-state index >= 15 is 0 Å². The molecule has 0 aromatic carbocycles. The van der Waals surface area contributed by atoms with Gasteiger partial charge in [0.15, 0.2) is 0 Å². The van der Waals surface area contributed by atoms with Crippen LogP contribution >= 0.6 is 0 Å². The predicted molar refractivity (Wildman–Crippen MR) is 61.4 cm³/mol. The molecule has 94 valence electrons. The lowest BCUT2D eigenvalue weighted by Crippen LogP contribution is -2.55. The lowest BCUT2D eigenvalue weighted by molar-refractivity contribution is -0.232. The van der Waals surface area contributed by atoms with E-state index in [9.17, 15) is 10.0 Å². The highest BCUT2D eigenvalue weighted by atomic mass is 16.5. The molecule has 1 heterocycles. The Labute approximate surface area is 97.2 Å². The SMILES string of the molecule is CC1(C)CCC(C(=O)O)CCC(C)(C)N1O. The second-order valence-electron chi connectivity index (χ2n) is 6.05. The Hall–Kier alpha value is -0.610. The van der Waals surface area contributed by atoms with Crippen molar-refractivity contribution in [1.29, 1.82) is 0 Å². The summed E-state index contributed by atoms with van der Waals surface area (Å²) in [5.74, 6) is -0.981. The first-order chi connectivity index (χ1) is 7.17. The summed E-state index contributed by atoms with van der Waals surface area (Å²) in [6, 6.07) is 0. The highest BCUT2D eigenvalue weighted by Gasteiger charge is 2.40. The molecular formula is C12H23NO3. The van der Waals surface area contributed by atoms with Gasteiger partial charge in [0.25, 0.3) is 0 Å². The zero-order valence-corrected chi connectivity index (χ0v) is 10.7. The van der Waals surface area contributed by atoms with E-state index in [2.05, 4.69) is 0 Å². The Morgan fingerprint density at radius 3 is 1.81 bits per heavy atom.